The van der Waals surface area contributed by atoms with E-state index < -0.39 is 94.9 Å². The number of halogens is 4. The third-order valence-electron chi connectivity index (χ3n) is 8.32. The fourth-order valence-corrected chi connectivity index (χ4v) is 5.34. The zero-order valence-corrected chi connectivity index (χ0v) is 28.3. The van der Waals surface area contributed by atoms with Gasteiger partial charge >= 0.3 is 5.97 Å². The van der Waals surface area contributed by atoms with Crippen molar-refractivity contribution < 1.29 is 60.9 Å². The smallest absolute Gasteiger partial charge is 0.305 e. The molecule has 0 saturated heterocycles. The molecule has 282 valence electrons. The summed E-state index contributed by atoms with van der Waals surface area (Å²) in [5.74, 6) is -14.2. The predicted octanol–water partition coefficient (Wildman–Crippen LogP) is 4.15. The quantitative estimate of drug-likeness (QED) is 0.0724. The molecule has 1 fully saturated rings. The molecule has 0 aliphatic heterocycles. The zero-order chi connectivity index (χ0) is 38.7. The summed E-state index contributed by atoms with van der Waals surface area (Å²) in [6.45, 7) is 0.692. The van der Waals surface area contributed by atoms with Crippen molar-refractivity contribution >= 4 is 41.1 Å². The number of ether oxygens (including phenoxy) is 2. The van der Waals surface area contributed by atoms with Gasteiger partial charge in [-0.2, -0.15) is 8.78 Å². The van der Waals surface area contributed by atoms with Crippen molar-refractivity contribution in [1.29, 1.82) is 0 Å². The topological polar surface area (TPSA) is 189 Å². The molecule has 0 spiro atoms. The van der Waals surface area contributed by atoms with Gasteiger partial charge in [0.05, 0.1) is 6.42 Å². The number of ketones is 1. The molecule has 2 unspecified atom stereocenters. The lowest BCUT2D eigenvalue weighted by Crippen LogP contribution is -2.60. The normalized spacial score (nSPS) is 14.1. The third kappa shape index (κ3) is 10.3. The van der Waals surface area contributed by atoms with Crippen LogP contribution in [-0.2, 0) is 28.8 Å². The van der Waals surface area contributed by atoms with Crippen molar-refractivity contribution in [3.05, 3.63) is 83.9 Å². The second kappa shape index (κ2) is 18.0. The van der Waals surface area contributed by atoms with Crippen molar-refractivity contribution in [3.8, 4) is 17.2 Å². The number of rotatable bonds is 18. The van der Waals surface area contributed by atoms with E-state index in [9.17, 15) is 51.4 Å². The number of carbonyl (C=O) groups excluding carboxylic acids is 5. The molecule has 2 atom stereocenters. The largest absolute Gasteiger partial charge is 0.481 e. The van der Waals surface area contributed by atoms with Gasteiger partial charge < -0.3 is 35.8 Å². The Bertz CT molecular complexity index is 1830. The van der Waals surface area contributed by atoms with Crippen LogP contribution in [0, 0.1) is 28.7 Å². The van der Waals surface area contributed by atoms with Gasteiger partial charge in [0, 0.05) is 30.8 Å². The summed E-state index contributed by atoms with van der Waals surface area (Å²) in [6, 6.07) is 11.9. The van der Waals surface area contributed by atoms with Crippen LogP contribution in [0.4, 0.5) is 23.2 Å². The number of carboxylic acids is 1. The van der Waals surface area contributed by atoms with E-state index in [2.05, 4.69) is 26.0 Å². The number of carbonyl (C=O) groups is 6. The standard InChI is InChI=1S/C36H36F4N4O9/c1-2-41-28(46)13-12-25(33(49)42-20-8-6-11-22(16-20)53-21-9-4-3-5-10-21)43-34(50)36(14-7-15-36)35(51)44-26(18-29(47)48)27(45)19-52-32-30(39)23(37)17-24(38)31(32)40/h3-6,8-11,16-17,25-26H,2,7,12-15,18-19H2,1H3,(H,41,46)(H,42,49)(H,43,50)(H,44,51)(H,47,48). The molecule has 4 rings (SSSR count). The first kappa shape index (κ1) is 39.8. The van der Waals surface area contributed by atoms with Gasteiger partial charge in [0.1, 0.15) is 35.6 Å². The molecule has 3 aromatic rings. The van der Waals surface area contributed by atoms with Gasteiger partial charge in [-0.15, -0.1) is 0 Å². The lowest BCUT2D eigenvalue weighted by Gasteiger charge is -2.40. The molecule has 0 bridgehead atoms. The number of para-hydroxylation sites is 1. The Hall–Kier alpha value is -6.00. The minimum Gasteiger partial charge on any atom is -0.481 e. The minimum absolute atomic E-state index is 0.0718. The molecule has 1 saturated carbocycles. The van der Waals surface area contributed by atoms with Crippen molar-refractivity contribution in [1.82, 2.24) is 16.0 Å². The Kier molecular flexibility index (Phi) is 13.5. The van der Waals surface area contributed by atoms with Crippen LogP contribution in [0.5, 0.6) is 17.2 Å². The molecule has 0 heterocycles. The number of hydrogen-bond acceptors (Lipinski definition) is 8. The molecule has 1 aliphatic carbocycles. The molecule has 17 heteroatoms. The van der Waals surface area contributed by atoms with Crippen LogP contribution in [0.15, 0.2) is 60.7 Å². The first-order chi connectivity index (χ1) is 25.2. The molecule has 4 amide bonds. The van der Waals surface area contributed by atoms with Gasteiger partial charge in [-0.3, -0.25) is 28.8 Å². The monoisotopic (exact) mass is 744 g/mol. The van der Waals surface area contributed by atoms with Crippen molar-refractivity contribution in [3.63, 3.8) is 0 Å². The maximum Gasteiger partial charge on any atom is 0.305 e. The number of anilines is 1. The van der Waals surface area contributed by atoms with Crippen molar-refractivity contribution in [2.75, 3.05) is 18.5 Å². The summed E-state index contributed by atoms with van der Waals surface area (Å²) in [6.07, 6.45) is -1.22. The number of nitrogens with one attached hydrogen (secondary N) is 4. The number of aliphatic carboxylic acids is 1. The number of carboxylic acid groups (broad SMARTS) is 1. The van der Waals surface area contributed by atoms with Gasteiger partial charge in [-0.25, -0.2) is 8.78 Å². The van der Waals surface area contributed by atoms with E-state index in [1.807, 2.05) is 6.07 Å². The van der Waals surface area contributed by atoms with Crippen molar-refractivity contribution in [2.24, 2.45) is 5.41 Å². The number of amides is 4. The van der Waals surface area contributed by atoms with Gasteiger partial charge in [-0.05, 0) is 50.5 Å². The number of Topliss-reactive ketones (excluding diaryl/α,β-unsaturated/α-hetero) is 1. The lowest BCUT2D eigenvalue weighted by molar-refractivity contribution is -0.152. The molecule has 0 aromatic heterocycles. The van der Waals surface area contributed by atoms with E-state index in [0.717, 1.165) is 0 Å². The third-order valence-corrected chi connectivity index (χ3v) is 8.32. The summed E-state index contributed by atoms with van der Waals surface area (Å²) in [5.41, 5.74) is -1.59. The summed E-state index contributed by atoms with van der Waals surface area (Å²) >= 11 is 0. The van der Waals surface area contributed by atoms with E-state index in [4.69, 9.17) is 4.74 Å². The van der Waals surface area contributed by atoms with E-state index in [-0.39, 0.29) is 37.4 Å². The van der Waals surface area contributed by atoms with Crippen LogP contribution in [-0.4, -0.2) is 65.7 Å². The highest BCUT2D eigenvalue weighted by molar-refractivity contribution is 6.09. The van der Waals surface area contributed by atoms with Crippen LogP contribution in [0.1, 0.15) is 45.4 Å². The predicted molar refractivity (Wildman–Crippen MR) is 179 cm³/mol. The van der Waals surface area contributed by atoms with Gasteiger partial charge in [0.25, 0.3) is 0 Å². The van der Waals surface area contributed by atoms with E-state index in [0.29, 0.717) is 24.5 Å². The minimum atomic E-state index is -1.94. The Morgan fingerprint density at radius 2 is 1.45 bits per heavy atom. The van der Waals surface area contributed by atoms with E-state index in [1.165, 1.54) is 6.07 Å². The first-order valence-electron chi connectivity index (χ1n) is 16.5. The highest BCUT2D eigenvalue weighted by Gasteiger charge is 2.52. The zero-order valence-electron chi connectivity index (χ0n) is 28.3. The Morgan fingerprint density at radius 3 is 2.04 bits per heavy atom. The summed E-state index contributed by atoms with van der Waals surface area (Å²) < 4.78 is 65.7. The van der Waals surface area contributed by atoms with Crippen LogP contribution < -0.4 is 30.7 Å². The fraction of sp³-hybridized carbons (Fsp3) is 0.333. The van der Waals surface area contributed by atoms with Crippen LogP contribution in [0.2, 0.25) is 0 Å². The second-order valence-electron chi connectivity index (χ2n) is 12.1. The molecular formula is C36H36F4N4O9. The highest BCUT2D eigenvalue weighted by atomic mass is 19.2. The summed E-state index contributed by atoms with van der Waals surface area (Å²) in [4.78, 5) is 77.6. The summed E-state index contributed by atoms with van der Waals surface area (Å²) in [5, 5.41) is 19.3. The molecule has 13 nitrogen and oxygen atoms in total. The van der Waals surface area contributed by atoms with Gasteiger partial charge in [0.15, 0.2) is 23.2 Å². The molecule has 3 aromatic carbocycles. The fourth-order valence-electron chi connectivity index (χ4n) is 5.34. The van der Waals surface area contributed by atoms with Gasteiger partial charge in [0.2, 0.25) is 35.3 Å². The molecule has 53 heavy (non-hydrogen) atoms. The highest BCUT2D eigenvalue weighted by Crippen LogP contribution is 2.42. The molecule has 1 aliphatic rings. The van der Waals surface area contributed by atoms with Crippen LogP contribution >= 0.6 is 0 Å². The van der Waals surface area contributed by atoms with Crippen molar-refractivity contribution in [2.45, 2.75) is 57.5 Å². The maximum absolute atomic E-state index is 14.0. The Morgan fingerprint density at radius 1 is 0.830 bits per heavy atom. The SMILES string of the molecule is CCNC(=O)CCC(NC(=O)C1(C(=O)NC(CC(=O)O)C(=O)COc2c(F)c(F)cc(F)c2F)CCC1)C(=O)Nc1cccc(Oc2ccccc2)c1. The Labute approximate surface area is 300 Å². The van der Waals surface area contributed by atoms with Crippen LogP contribution in [0.25, 0.3) is 0 Å². The number of benzene rings is 3. The second-order valence-corrected chi connectivity index (χ2v) is 12.1. The molecule has 0 radical (unpaired) electrons. The van der Waals surface area contributed by atoms with Crippen LogP contribution in [0.3, 0.4) is 0 Å². The van der Waals surface area contributed by atoms with Gasteiger partial charge in [-0.1, -0.05) is 30.7 Å². The van der Waals surface area contributed by atoms with E-state index >= 15 is 0 Å². The number of hydrogen-bond donors (Lipinski definition) is 5. The van der Waals surface area contributed by atoms with E-state index in [1.54, 1.807) is 49.4 Å². The average Bonchev–Trinajstić information content (AvgIpc) is 3.08. The molecular weight excluding hydrogens is 708 g/mol. The molecule has 5 N–H and O–H groups in total. The maximum atomic E-state index is 14.0. The summed E-state index contributed by atoms with van der Waals surface area (Å²) in [7, 11) is 0. The Balaban J connectivity index is 1.49. The first-order valence-corrected chi connectivity index (χ1v) is 16.5. The lowest BCUT2D eigenvalue weighted by atomic mass is 9.67. The average molecular weight is 745 g/mol.